The minimum absolute atomic E-state index is 0.00163. The van der Waals surface area contributed by atoms with Gasteiger partial charge in [0.15, 0.2) is 0 Å². The Balaban J connectivity index is 1.67. The maximum atomic E-state index is 13.5. The summed E-state index contributed by atoms with van der Waals surface area (Å²) in [5.74, 6) is 0.410. The molecule has 6 nitrogen and oxygen atoms in total. The van der Waals surface area contributed by atoms with E-state index in [1.165, 1.54) is 12.1 Å². The highest BCUT2D eigenvalue weighted by molar-refractivity contribution is 7.89. The van der Waals surface area contributed by atoms with E-state index in [1.807, 2.05) is 42.5 Å². The third-order valence-electron chi connectivity index (χ3n) is 5.10. The molecule has 1 aliphatic rings. The van der Waals surface area contributed by atoms with Gasteiger partial charge in [-0.05, 0) is 60.9 Å². The van der Waals surface area contributed by atoms with Gasteiger partial charge in [-0.1, -0.05) is 36.4 Å². The second-order valence-electron chi connectivity index (χ2n) is 7.50. The lowest BCUT2D eigenvalue weighted by Crippen LogP contribution is -2.31. The molecule has 1 aliphatic carbocycles. The number of nitrogens with one attached hydrogen (secondary N) is 1. The molecular weight excluding hydrogens is 412 g/mol. The summed E-state index contributed by atoms with van der Waals surface area (Å²) in [5, 5.41) is 0. The van der Waals surface area contributed by atoms with E-state index >= 15 is 0 Å². The van der Waals surface area contributed by atoms with Crippen LogP contribution in [0, 0.1) is 0 Å². The summed E-state index contributed by atoms with van der Waals surface area (Å²) in [7, 11) is -2.06. The van der Waals surface area contributed by atoms with E-state index in [-0.39, 0.29) is 16.8 Å². The zero-order valence-electron chi connectivity index (χ0n) is 17.2. The van der Waals surface area contributed by atoms with E-state index in [2.05, 4.69) is 4.72 Å². The average Bonchev–Trinajstić information content (AvgIpc) is 3.61. The van der Waals surface area contributed by atoms with Crippen LogP contribution >= 0.6 is 0 Å². The Bertz CT molecular complexity index is 1160. The van der Waals surface area contributed by atoms with Crippen molar-refractivity contribution in [1.29, 1.82) is 0 Å². The van der Waals surface area contributed by atoms with Crippen LogP contribution in [0.1, 0.15) is 28.8 Å². The molecule has 0 bridgehead atoms. The van der Waals surface area contributed by atoms with Crippen LogP contribution in [0.25, 0.3) is 0 Å². The van der Waals surface area contributed by atoms with Gasteiger partial charge in [0, 0.05) is 17.3 Å². The van der Waals surface area contributed by atoms with Gasteiger partial charge in [-0.15, -0.1) is 0 Å². The number of carbonyl (C=O) groups excluding carboxylic acids is 1. The fraction of sp³-hybridized carbons (Fsp3) is 0.208. The highest BCUT2D eigenvalue weighted by atomic mass is 32.2. The minimum atomic E-state index is -3.65. The lowest BCUT2D eigenvalue weighted by atomic mass is 10.1. The normalized spacial score (nSPS) is 13.6. The summed E-state index contributed by atoms with van der Waals surface area (Å²) in [6.07, 6.45) is 1.69. The van der Waals surface area contributed by atoms with Crippen molar-refractivity contribution in [3.63, 3.8) is 0 Å². The number of rotatable bonds is 8. The van der Waals surface area contributed by atoms with Crippen LogP contribution in [-0.2, 0) is 16.6 Å². The monoisotopic (exact) mass is 436 g/mol. The first-order chi connectivity index (χ1) is 15.0. The number of amides is 1. The van der Waals surface area contributed by atoms with Crippen molar-refractivity contribution in [1.82, 2.24) is 4.72 Å². The van der Waals surface area contributed by atoms with Gasteiger partial charge >= 0.3 is 0 Å². The van der Waals surface area contributed by atoms with Gasteiger partial charge in [0.25, 0.3) is 5.91 Å². The van der Waals surface area contributed by atoms with Crippen molar-refractivity contribution in [3.8, 4) is 5.75 Å². The summed E-state index contributed by atoms with van der Waals surface area (Å²) in [6.45, 7) is 0.350. The Morgan fingerprint density at radius 1 is 1.00 bits per heavy atom. The van der Waals surface area contributed by atoms with Crippen molar-refractivity contribution in [2.45, 2.75) is 30.3 Å². The zero-order valence-corrected chi connectivity index (χ0v) is 18.0. The van der Waals surface area contributed by atoms with Crippen LogP contribution < -0.4 is 14.4 Å². The molecular formula is C24H24N2O4S. The highest BCUT2D eigenvalue weighted by Crippen LogP contribution is 2.25. The Morgan fingerprint density at radius 2 is 1.71 bits per heavy atom. The van der Waals surface area contributed by atoms with Crippen molar-refractivity contribution in [3.05, 3.63) is 90.0 Å². The molecule has 0 atom stereocenters. The number of anilines is 1. The van der Waals surface area contributed by atoms with Gasteiger partial charge in [-0.25, -0.2) is 13.1 Å². The fourth-order valence-electron chi connectivity index (χ4n) is 3.25. The van der Waals surface area contributed by atoms with Crippen LogP contribution in [0.2, 0.25) is 0 Å². The van der Waals surface area contributed by atoms with E-state index in [1.54, 1.807) is 36.3 Å². The first-order valence-electron chi connectivity index (χ1n) is 10.1. The molecule has 0 spiro atoms. The number of hydrogen-bond donors (Lipinski definition) is 1. The number of methoxy groups -OCH3 is 1. The molecule has 0 radical (unpaired) electrons. The molecule has 1 fully saturated rings. The first kappa shape index (κ1) is 21.1. The van der Waals surface area contributed by atoms with Crippen molar-refractivity contribution in [2.24, 2.45) is 0 Å². The molecule has 3 aromatic rings. The maximum Gasteiger partial charge on any atom is 0.258 e. The number of carbonyl (C=O) groups is 1. The van der Waals surface area contributed by atoms with Gasteiger partial charge in [0.05, 0.1) is 18.6 Å². The molecule has 1 N–H and O–H groups in total. The van der Waals surface area contributed by atoms with Crippen LogP contribution in [0.3, 0.4) is 0 Å². The van der Waals surface area contributed by atoms with Crippen molar-refractivity contribution >= 4 is 21.6 Å². The number of hydrogen-bond acceptors (Lipinski definition) is 4. The Morgan fingerprint density at radius 3 is 2.35 bits per heavy atom. The molecule has 3 aromatic carbocycles. The molecule has 1 saturated carbocycles. The van der Waals surface area contributed by atoms with Crippen LogP contribution in [0.15, 0.2) is 83.8 Å². The standard InChI is InChI=1S/C24H24N2O4S/c1-30-22-14-12-21(13-15-22)26(17-18-6-3-2-4-7-18)24(27)19-8-5-9-23(16-19)31(28,29)25-20-10-11-20/h2-9,12-16,20,25H,10-11,17H2,1H3. The molecule has 0 unspecified atom stereocenters. The lowest BCUT2D eigenvalue weighted by Gasteiger charge is -2.24. The summed E-state index contributed by atoms with van der Waals surface area (Å²) >= 11 is 0. The lowest BCUT2D eigenvalue weighted by molar-refractivity contribution is 0.0985. The van der Waals surface area contributed by atoms with Crippen molar-refractivity contribution in [2.75, 3.05) is 12.0 Å². The molecule has 7 heteroatoms. The summed E-state index contributed by atoms with van der Waals surface area (Å²) in [6, 6.07) is 23.1. The molecule has 0 aromatic heterocycles. The van der Waals surface area contributed by atoms with E-state index in [4.69, 9.17) is 4.74 Å². The highest BCUT2D eigenvalue weighted by Gasteiger charge is 2.28. The van der Waals surface area contributed by atoms with Gasteiger partial charge in [0.2, 0.25) is 10.0 Å². The summed E-state index contributed by atoms with van der Waals surface area (Å²) in [4.78, 5) is 15.2. The predicted molar refractivity (Wildman–Crippen MR) is 120 cm³/mol. The van der Waals surface area contributed by atoms with Gasteiger partial charge in [-0.3, -0.25) is 4.79 Å². The quantitative estimate of drug-likeness (QED) is 0.580. The molecule has 0 aliphatic heterocycles. The molecule has 0 heterocycles. The van der Waals surface area contributed by atoms with Crippen molar-refractivity contribution < 1.29 is 17.9 Å². The zero-order chi connectivity index (χ0) is 21.8. The number of benzene rings is 3. The smallest absolute Gasteiger partial charge is 0.258 e. The Labute approximate surface area is 182 Å². The Kier molecular flexibility index (Phi) is 6.06. The van der Waals surface area contributed by atoms with Crippen LogP contribution in [-0.4, -0.2) is 27.5 Å². The third-order valence-corrected chi connectivity index (χ3v) is 6.62. The Hall–Kier alpha value is -3.16. The molecule has 1 amide bonds. The fourth-order valence-corrected chi connectivity index (χ4v) is 4.60. The second-order valence-corrected chi connectivity index (χ2v) is 9.21. The van der Waals surface area contributed by atoms with E-state index in [0.29, 0.717) is 23.5 Å². The van der Waals surface area contributed by atoms with E-state index in [9.17, 15) is 13.2 Å². The van der Waals surface area contributed by atoms with Gasteiger partial charge in [-0.2, -0.15) is 0 Å². The number of sulfonamides is 1. The van der Waals surface area contributed by atoms with E-state index < -0.39 is 10.0 Å². The van der Waals surface area contributed by atoms with Gasteiger partial charge in [0.1, 0.15) is 5.75 Å². The largest absolute Gasteiger partial charge is 0.497 e. The summed E-state index contributed by atoms with van der Waals surface area (Å²) in [5.41, 5.74) is 1.97. The summed E-state index contributed by atoms with van der Waals surface area (Å²) < 4.78 is 33.1. The maximum absolute atomic E-state index is 13.5. The number of ether oxygens (including phenoxy) is 1. The molecule has 4 rings (SSSR count). The van der Waals surface area contributed by atoms with Gasteiger partial charge < -0.3 is 9.64 Å². The first-order valence-corrected chi connectivity index (χ1v) is 11.6. The topological polar surface area (TPSA) is 75.7 Å². The minimum Gasteiger partial charge on any atom is -0.497 e. The molecule has 0 saturated heterocycles. The average molecular weight is 437 g/mol. The third kappa shape index (κ3) is 5.13. The molecule has 31 heavy (non-hydrogen) atoms. The predicted octanol–water partition coefficient (Wildman–Crippen LogP) is 3.98. The second kappa shape index (κ2) is 8.91. The molecule has 160 valence electrons. The van der Waals surface area contributed by atoms with Crippen LogP contribution in [0.5, 0.6) is 5.75 Å². The van der Waals surface area contributed by atoms with Crippen LogP contribution in [0.4, 0.5) is 5.69 Å². The van der Waals surface area contributed by atoms with E-state index in [0.717, 1.165) is 18.4 Å². The number of nitrogens with zero attached hydrogens (tertiary/aromatic N) is 1. The SMILES string of the molecule is COc1ccc(N(Cc2ccccc2)C(=O)c2cccc(S(=O)(=O)NC3CC3)c2)cc1.